The average Bonchev–Trinajstić information content (AvgIpc) is 2.25. The van der Waals surface area contributed by atoms with Crippen LogP contribution in [0, 0.1) is 11.5 Å². The second kappa shape index (κ2) is 3.48. The van der Waals surface area contributed by atoms with E-state index in [1.807, 2.05) is 0 Å². The predicted molar refractivity (Wildman–Crippen MR) is 56.4 cm³/mol. The standard InChI is InChI=1S/C12H11F3NO/c1-11(2)7-16(10(11)17)9-5-3-8(4-6-9)12(13,14)15/h3-5H,7H2,1-2H3. The summed E-state index contributed by atoms with van der Waals surface area (Å²) in [6.07, 6.45) is -4.37. The highest BCUT2D eigenvalue weighted by molar-refractivity contribution is 6.03. The first-order chi connectivity index (χ1) is 7.72. The summed E-state index contributed by atoms with van der Waals surface area (Å²) < 4.78 is 36.9. The van der Waals surface area contributed by atoms with Crippen LogP contribution in [0.1, 0.15) is 19.4 Å². The highest BCUT2D eigenvalue weighted by Crippen LogP contribution is 2.36. The van der Waals surface area contributed by atoms with Crippen molar-refractivity contribution in [2.24, 2.45) is 5.41 Å². The minimum Gasteiger partial charge on any atom is -0.310 e. The molecule has 1 aromatic rings. The van der Waals surface area contributed by atoms with Crippen molar-refractivity contribution in [1.29, 1.82) is 0 Å². The van der Waals surface area contributed by atoms with Crippen molar-refractivity contribution in [1.82, 2.24) is 0 Å². The molecule has 1 aromatic carbocycles. The Morgan fingerprint density at radius 3 is 2.35 bits per heavy atom. The lowest BCUT2D eigenvalue weighted by molar-refractivity contribution is -0.137. The number of amides is 1. The molecule has 1 amide bonds. The molecule has 0 aromatic heterocycles. The first kappa shape index (κ1) is 12.0. The van der Waals surface area contributed by atoms with E-state index in [1.54, 1.807) is 13.8 Å². The van der Waals surface area contributed by atoms with Crippen molar-refractivity contribution in [2.45, 2.75) is 20.0 Å². The highest BCUT2D eigenvalue weighted by Gasteiger charge is 2.45. The molecule has 1 saturated heterocycles. The lowest BCUT2D eigenvalue weighted by Crippen LogP contribution is -2.58. The van der Waals surface area contributed by atoms with Crippen LogP contribution in [-0.4, -0.2) is 12.5 Å². The van der Waals surface area contributed by atoms with Gasteiger partial charge in [-0.2, -0.15) is 13.2 Å². The number of hydrogen-bond acceptors (Lipinski definition) is 1. The quantitative estimate of drug-likeness (QED) is 0.693. The molecule has 1 radical (unpaired) electrons. The van der Waals surface area contributed by atoms with Crippen molar-refractivity contribution in [2.75, 3.05) is 11.4 Å². The average molecular weight is 242 g/mol. The van der Waals surface area contributed by atoms with E-state index < -0.39 is 17.2 Å². The molecule has 0 N–H and O–H groups in total. The van der Waals surface area contributed by atoms with Crippen LogP contribution in [0.4, 0.5) is 18.9 Å². The maximum absolute atomic E-state index is 12.3. The van der Waals surface area contributed by atoms with E-state index in [-0.39, 0.29) is 5.91 Å². The topological polar surface area (TPSA) is 20.3 Å². The van der Waals surface area contributed by atoms with E-state index in [0.29, 0.717) is 12.2 Å². The number of β-lactam (4-membered cyclic amide) rings is 1. The molecule has 1 fully saturated rings. The number of halogens is 3. The Kier molecular flexibility index (Phi) is 2.45. The smallest absolute Gasteiger partial charge is 0.310 e. The molecule has 0 saturated carbocycles. The Morgan fingerprint density at radius 2 is 2.00 bits per heavy atom. The van der Waals surface area contributed by atoms with Crippen LogP contribution < -0.4 is 4.90 Å². The summed E-state index contributed by atoms with van der Waals surface area (Å²) in [7, 11) is 0. The summed E-state index contributed by atoms with van der Waals surface area (Å²) >= 11 is 0. The fourth-order valence-corrected chi connectivity index (χ4v) is 1.76. The lowest BCUT2D eigenvalue weighted by Gasteiger charge is -2.44. The van der Waals surface area contributed by atoms with Gasteiger partial charge < -0.3 is 4.90 Å². The Labute approximate surface area is 97.0 Å². The molecule has 1 aliphatic heterocycles. The summed E-state index contributed by atoms with van der Waals surface area (Å²) in [6.45, 7) is 4.11. The number of hydrogen-bond donors (Lipinski definition) is 0. The van der Waals surface area contributed by atoms with Gasteiger partial charge >= 0.3 is 6.18 Å². The van der Waals surface area contributed by atoms with Crippen LogP contribution in [0.15, 0.2) is 18.2 Å². The monoisotopic (exact) mass is 242 g/mol. The van der Waals surface area contributed by atoms with Crippen LogP contribution in [0.25, 0.3) is 0 Å². The molecular weight excluding hydrogens is 231 g/mol. The van der Waals surface area contributed by atoms with E-state index in [2.05, 4.69) is 6.07 Å². The van der Waals surface area contributed by atoms with Gasteiger partial charge in [-0.25, -0.2) is 0 Å². The van der Waals surface area contributed by atoms with Gasteiger partial charge in [0.1, 0.15) is 0 Å². The van der Waals surface area contributed by atoms with E-state index >= 15 is 0 Å². The van der Waals surface area contributed by atoms with Crippen LogP contribution in [0.3, 0.4) is 0 Å². The second-order valence-electron chi connectivity index (χ2n) is 4.74. The Bertz CT molecular complexity index is 448. The number of anilines is 1. The summed E-state index contributed by atoms with van der Waals surface area (Å²) in [5.41, 5.74) is -0.785. The fraction of sp³-hybridized carbons (Fsp3) is 0.417. The zero-order chi connectivity index (χ0) is 12.8. The van der Waals surface area contributed by atoms with Crippen LogP contribution in [0.5, 0.6) is 0 Å². The van der Waals surface area contributed by atoms with Crippen LogP contribution in [0.2, 0.25) is 0 Å². The second-order valence-corrected chi connectivity index (χ2v) is 4.74. The third-order valence-corrected chi connectivity index (χ3v) is 2.79. The van der Waals surface area contributed by atoms with Crippen molar-refractivity contribution >= 4 is 11.6 Å². The summed E-state index contributed by atoms with van der Waals surface area (Å²) in [4.78, 5) is 13.1. The largest absolute Gasteiger partial charge is 0.416 e. The highest BCUT2D eigenvalue weighted by atomic mass is 19.4. The third kappa shape index (κ3) is 2.01. The van der Waals surface area contributed by atoms with Gasteiger partial charge in [-0.3, -0.25) is 4.79 Å². The predicted octanol–water partition coefficient (Wildman–Crippen LogP) is 2.88. The number of carbonyl (C=O) groups is 1. The summed E-state index contributed by atoms with van der Waals surface area (Å²) in [5.74, 6) is -0.0893. The van der Waals surface area contributed by atoms with Gasteiger partial charge in [-0.1, -0.05) is 0 Å². The summed E-state index contributed by atoms with van der Waals surface area (Å²) in [6, 6.07) is 5.60. The number of rotatable bonds is 1. The summed E-state index contributed by atoms with van der Waals surface area (Å²) in [5, 5.41) is 0. The Morgan fingerprint density at radius 1 is 1.35 bits per heavy atom. The molecule has 91 valence electrons. The molecule has 0 aliphatic carbocycles. The van der Waals surface area contributed by atoms with Crippen molar-refractivity contribution in [3.8, 4) is 0 Å². The van der Waals surface area contributed by atoms with E-state index in [4.69, 9.17) is 0 Å². The van der Waals surface area contributed by atoms with Crippen LogP contribution in [-0.2, 0) is 11.0 Å². The number of alkyl halides is 3. The molecule has 0 bridgehead atoms. The molecule has 5 heteroatoms. The molecule has 1 aliphatic rings. The third-order valence-electron chi connectivity index (χ3n) is 2.79. The fourth-order valence-electron chi connectivity index (χ4n) is 1.76. The molecule has 0 unspecified atom stereocenters. The minimum absolute atomic E-state index is 0.0893. The lowest BCUT2D eigenvalue weighted by atomic mass is 9.82. The normalized spacial score (nSPS) is 19.1. The number of nitrogens with zero attached hydrogens (tertiary/aromatic N) is 1. The van der Waals surface area contributed by atoms with Gasteiger partial charge in [-0.15, -0.1) is 0 Å². The molecule has 2 nitrogen and oxygen atoms in total. The number of benzene rings is 1. The molecule has 17 heavy (non-hydrogen) atoms. The first-order valence-corrected chi connectivity index (χ1v) is 5.13. The zero-order valence-electron chi connectivity index (χ0n) is 9.43. The molecule has 2 rings (SSSR count). The molecular formula is C12H11F3NO. The van der Waals surface area contributed by atoms with Gasteiger partial charge in [0.15, 0.2) is 0 Å². The van der Waals surface area contributed by atoms with Gasteiger partial charge in [0.2, 0.25) is 5.91 Å². The molecule has 0 atom stereocenters. The van der Waals surface area contributed by atoms with Gasteiger partial charge in [0, 0.05) is 12.6 Å². The Balaban J connectivity index is 2.18. The maximum atomic E-state index is 12.3. The van der Waals surface area contributed by atoms with Gasteiger partial charge in [0.05, 0.1) is 16.7 Å². The Hall–Kier alpha value is -1.52. The van der Waals surface area contributed by atoms with Crippen LogP contribution >= 0.6 is 0 Å². The van der Waals surface area contributed by atoms with E-state index in [0.717, 1.165) is 12.1 Å². The van der Waals surface area contributed by atoms with E-state index in [9.17, 15) is 18.0 Å². The van der Waals surface area contributed by atoms with Crippen molar-refractivity contribution in [3.63, 3.8) is 0 Å². The van der Waals surface area contributed by atoms with Crippen molar-refractivity contribution < 1.29 is 18.0 Å². The number of carbonyl (C=O) groups excluding carboxylic acids is 1. The first-order valence-electron chi connectivity index (χ1n) is 5.13. The van der Waals surface area contributed by atoms with Gasteiger partial charge in [-0.05, 0) is 32.0 Å². The zero-order valence-corrected chi connectivity index (χ0v) is 9.43. The van der Waals surface area contributed by atoms with Crippen molar-refractivity contribution in [3.05, 3.63) is 29.8 Å². The minimum atomic E-state index is -4.37. The molecule has 0 spiro atoms. The van der Waals surface area contributed by atoms with E-state index in [1.165, 1.54) is 11.0 Å². The maximum Gasteiger partial charge on any atom is 0.416 e. The SMILES string of the molecule is CC1(C)CN(c2[c]cc(C(F)(F)F)cc2)C1=O. The van der Waals surface area contributed by atoms with Gasteiger partial charge in [0.25, 0.3) is 0 Å². The molecule has 1 heterocycles.